The fourth-order valence-corrected chi connectivity index (χ4v) is 3.20. The molecule has 0 fully saturated rings. The summed E-state index contributed by atoms with van der Waals surface area (Å²) < 4.78 is 0. The first kappa shape index (κ1) is 18.1. The Morgan fingerprint density at radius 3 is 2.38 bits per heavy atom. The van der Waals surface area contributed by atoms with Crippen LogP contribution in [-0.4, -0.2) is 24.1 Å². The van der Waals surface area contributed by atoms with Crippen molar-refractivity contribution < 1.29 is 5.11 Å². The summed E-state index contributed by atoms with van der Waals surface area (Å²) in [4.78, 5) is 4.40. The van der Waals surface area contributed by atoms with Gasteiger partial charge < -0.3 is 10.0 Å². The second-order valence-corrected chi connectivity index (χ2v) is 6.38. The van der Waals surface area contributed by atoms with Crippen LogP contribution >= 0.6 is 23.4 Å². The SMILES string of the molecule is C.CN(C)Cc1ccccc1Sc1ccc(Cl)cc1CO. The molecule has 21 heavy (non-hydrogen) atoms. The van der Waals surface area contributed by atoms with Crippen molar-refractivity contribution in [1.29, 1.82) is 0 Å². The first-order chi connectivity index (χ1) is 9.60. The molecular formula is C17H22ClNOS. The molecule has 0 bridgehead atoms. The predicted molar refractivity (Wildman–Crippen MR) is 92.1 cm³/mol. The van der Waals surface area contributed by atoms with Gasteiger partial charge in [-0.05, 0) is 49.5 Å². The van der Waals surface area contributed by atoms with Gasteiger partial charge in [-0.3, -0.25) is 0 Å². The van der Waals surface area contributed by atoms with E-state index in [2.05, 4.69) is 37.2 Å². The lowest BCUT2D eigenvalue weighted by molar-refractivity contribution is 0.279. The van der Waals surface area contributed by atoms with Crippen molar-refractivity contribution in [2.24, 2.45) is 0 Å². The Morgan fingerprint density at radius 1 is 1.05 bits per heavy atom. The van der Waals surface area contributed by atoms with E-state index in [1.165, 1.54) is 10.5 Å². The highest BCUT2D eigenvalue weighted by molar-refractivity contribution is 7.99. The fraction of sp³-hybridized carbons (Fsp3) is 0.294. The first-order valence-corrected chi connectivity index (χ1v) is 7.59. The summed E-state index contributed by atoms with van der Waals surface area (Å²) in [5.41, 5.74) is 2.14. The van der Waals surface area contributed by atoms with Crippen molar-refractivity contribution in [3.05, 3.63) is 58.6 Å². The maximum atomic E-state index is 9.46. The third kappa shape index (κ3) is 5.04. The smallest absolute Gasteiger partial charge is 0.0693 e. The van der Waals surface area contributed by atoms with Gasteiger partial charge in [0.2, 0.25) is 0 Å². The molecule has 1 N–H and O–H groups in total. The molecule has 4 heteroatoms. The molecular weight excluding hydrogens is 302 g/mol. The molecule has 2 aromatic carbocycles. The number of halogens is 1. The highest BCUT2D eigenvalue weighted by Crippen LogP contribution is 2.34. The van der Waals surface area contributed by atoms with Gasteiger partial charge in [-0.15, -0.1) is 0 Å². The standard InChI is InChI=1S/C16H18ClNOS.CH4/c1-18(2)10-12-5-3-4-6-15(12)20-16-8-7-14(17)9-13(16)11-19;/h3-9,19H,10-11H2,1-2H3;1H4. The molecule has 2 nitrogen and oxygen atoms in total. The lowest BCUT2D eigenvalue weighted by Crippen LogP contribution is -2.11. The van der Waals surface area contributed by atoms with E-state index in [1.54, 1.807) is 11.8 Å². The zero-order valence-corrected chi connectivity index (χ0v) is 13.2. The molecule has 0 aliphatic carbocycles. The molecule has 0 saturated heterocycles. The van der Waals surface area contributed by atoms with Crippen LogP contribution in [0.2, 0.25) is 5.02 Å². The Bertz CT molecular complexity index is 587. The number of aliphatic hydroxyl groups excluding tert-OH is 1. The molecule has 2 rings (SSSR count). The number of hydrogen-bond acceptors (Lipinski definition) is 3. The number of benzene rings is 2. The highest BCUT2D eigenvalue weighted by Gasteiger charge is 2.08. The van der Waals surface area contributed by atoms with E-state index >= 15 is 0 Å². The molecule has 0 saturated carbocycles. The van der Waals surface area contributed by atoms with Gasteiger partial charge in [-0.1, -0.05) is 49.0 Å². The van der Waals surface area contributed by atoms with Gasteiger partial charge in [0.15, 0.2) is 0 Å². The molecule has 0 aromatic heterocycles. The molecule has 0 unspecified atom stereocenters. The summed E-state index contributed by atoms with van der Waals surface area (Å²) in [6, 6.07) is 14.0. The van der Waals surface area contributed by atoms with E-state index in [9.17, 15) is 5.11 Å². The quantitative estimate of drug-likeness (QED) is 0.864. The lowest BCUT2D eigenvalue weighted by atomic mass is 10.2. The van der Waals surface area contributed by atoms with E-state index in [-0.39, 0.29) is 14.0 Å². The maximum Gasteiger partial charge on any atom is 0.0693 e. The summed E-state index contributed by atoms with van der Waals surface area (Å²) in [6.07, 6.45) is 0. The molecule has 0 heterocycles. The lowest BCUT2D eigenvalue weighted by Gasteiger charge is -2.15. The average Bonchev–Trinajstić information content (AvgIpc) is 2.42. The Balaban J connectivity index is 0.00000220. The van der Waals surface area contributed by atoms with E-state index in [1.807, 2.05) is 24.3 Å². The van der Waals surface area contributed by atoms with Gasteiger partial charge in [0.1, 0.15) is 0 Å². The van der Waals surface area contributed by atoms with Crippen LogP contribution in [-0.2, 0) is 13.2 Å². The summed E-state index contributed by atoms with van der Waals surface area (Å²) in [6.45, 7) is 0.893. The zero-order chi connectivity index (χ0) is 14.5. The predicted octanol–water partition coefficient (Wildman–Crippen LogP) is 4.68. The third-order valence-electron chi connectivity index (χ3n) is 2.87. The summed E-state index contributed by atoms with van der Waals surface area (Å²) in [7, 11) is 4.12. The monoisotopic (exact) mass is 323 g/mol. The van der Waals surface area contributed by atoms with Gasteiger partial charge in [0.25, 0.3) is 0 Å². The number of hydrogen-bond donors (Lipinski definition) is 1. The minimum atomic E-state index is -0.00125. The minimum absolute atomic E-state index is 0. The first-order valence-electron chi connectivity index (χ1n) is 6.40. The van der Waals surface area contributed by atoms with Gasteiger partial charge in [-0.2, -0.15) is 0 Å². The second kappa shape index (κ2) is 8.44. The molecule has 0 radical (unpaired) electrons. The van der Waals surface area contributed by atoms with Gasteiger partial charge >= 0.3 is 0 Å². The molecule has 114 valence electrons. The van der Waals surface area contributed by atoms with Crippen LogP contribution in [0.3, 0.4) is 0 Å². The molecule has 0 aliphatic rings. The van der Waals surface area contributed by atoms with Crippen LogP contribution in [0.1, 0.15) is 18.6 Å². The van der Waals surface area contributed by atoms with E-state index in [0.29, 0.717) is 5.02 Å². The zero-order valence-electron chi connectivity index (χ0n) is 11.6. The Morgan fingerprint density at radius 2 is 1.71 bits per heavy atom. The van der Waals surface area contributed by atoms with Crippen LogP contribution in [0.4, 0.5) is 0 Å². The molecule has 2 aromatic rings. The van der Waals surface area contributed by atoms with Crippen molar-refractivity contribution in [1.82, 2.24) is 4.90 Å². The summed E-state index contributed by atoms with van der Waals surface area (Å²) in [5.74, 6) is 0. The second-order valence-electron chi connectivity index (χ2n) is 4.86. The Labute approximate surface area is 136 Å². The fourth-order valence-electron chi connectivity index (χ4n) is 1.96. The molecule has 0 atom stereocenters. The van der Waals surface area contributed by atoms with Crippen LogP contribution in [0.5, 0.6) is 0 Å². The number of nitrogens with zero attached hydrogens (tertiary/aromatic N) is 1. The number of aliphatic hydroxyl groups is 1. The van der Waals surface area contributed by atoms with Crippen molar-refractivity contribution in [3.63, 3.8) is 0 Å². The largest absolute Gasteiger partial charge is 0.392 e. The van der Waals surface area contributed by atoms with Crippen LogP contribution in [0.25, 0.3) is 0 Å². The van der Waals surface area contributed by atoms with Crippen molar-refractivity contribution >= 4 is 23.4 Å². The third-order valence-corrected chi connectivity index (χ3v) is 4.34. The van der Waals surface area contributed by atoms with Crippen LogP contribution < -0.4 is 0 Å². The average molecular weight is 324 g/mol. The minimum Gasteiger partial charge on any atom is -0.392 e. The number of rotatable bonds is 5. The van der Waals surface area contributed by atoms with Crippen LogP contribution in [0, 0.1) is 0 Å². The summed E-state index contributed by atoms with van der Waals surface area (Å²) >= 11 is 7.64. The van der Waals surface area contributed by atoms with Gasteiger partial charge in [0.05, 0.1) is 6.61 Å². The van der Waals surface area contributed by atoms with E-state index in [0.717, 1.165) is 17.0 Å². The molecule has 0 amide bonds. The molecule has 0 spiro atoms. The Kier molecular flexibility index (Phi) is 7.26. The van der Waals surface area contributed by atoms with E-state index in [4.69, 9.17) is 11.6 Å². The maximum absolute atomic E-state index is 9.46. The van der Waals surface area contributed by atoms with Crippen molar-refractivity contribution in [2.75, 3.05) is 14.1 Å². The van der Waals surface area contributed by atoms with E-state index < -0.39 is 0 Å². The molecule has 0 aliphatic heterocycles. The van der Waals surface area contributed by atoms with Crippen molar-refractivity contribution in [2.45, 2.75) is 30.4 Å². The highest BCUT2D eigenvalue weighted by atomic mass is 35.5. The summed E-state index contributed by atoms with van der Waals surface area (Å²) in [5, 5.41) is 10.1. The van der Waals surface area contributed by atoms with Gasteiger partial charge in [-0.25, -0.2) is 0 Å². The normalized spacial score (nSPS) is 10.5. The van der Waals surface area contributed by atoms with Crippen molar-refractivity contribution in [3.8, 4) is 0 Å². The Hall–Kier alpha value is -1.00. The topological polar surface area (TPSA) is 23.5 Å². The van der Waals surface area contributed by atoms with Gasteiger partial charge in [0, 0.05) is 21.4 Å². The van der Waals surface area contributed by atoms with Crippen LogP contribution in [0.15, 0.2) is 52.3 Å².